The molecule has 0 amide bonds. The van der Waals surface area contributed by atoms with Crippen molar-refractivity contribution in [2.75, 3.05) is 20.3 Å². The van der Waals surface area contributed by atoms with Crippen LogP contribution >= 0.6 is 11.3 Å². The molecule has 0 saturated heterocycles. The van der Waals surface area contributed by atoms with Crippen molar-refractivity contribution in [2.24, 2.45) is 4.99 Å². The Morgan fingerprint density at radius 3 is 2.56 bits per heavy atom. The summed E-state index contributed by atoms with van der Waals surface area (Å²) in [5, 5.41) is 0. The van der Waals surface area contributed by atoms with E-state index in [1.807, 2.05) is 61.5 Å². The Hall–Kier alpha value is -3.65. The smallest absolute Gasteiger partial charge is 0.338 e. The van der Waals surface area contributed by atoms with E-state index in [9.17, 15) is 9.59 Å². The van der Waals surface area contributed by atoms with E-state index in [0.717, 1.165) is 16.9 Å². The number of allylic oxidation sites excluding steroid dienone is 1. The normalized spacial score (nSPS) is 15.5. The number of thiazole rings is 1. The number of carbonyl (C=O) groups is 1. The summed E-state index contributed by atoms with van der Waals surface area (Å²) < 4.78 is 18.3. The Morgan fingerprint density at radius 2 is 1.88 bits per heavy atom. The van der Waals surface area contributed by atoms with Gasteiger partial charge in [-0.25, -0.2) is 9.79 Å². The highest BCUT2D eigenvalue weighted by molar-refractivity contribution is 7.07. The summed E-state index contributed by atoms with van der Waals surface area (Å²) >= 11 is 1.29. The molecule has 7 nitrogen and oxygen atoms in total. The first-order valence-electron chi connectivity index (χ1n) is 11.0. The van der Waals surface area contributed by atoms with Crippen LogP contribution in [0.3, 0.4) is 0 Å². The van der Waals surface area contributed by atoms with Crippen LogP contribution in [0, 0.1) is 0 Å². The summed E-state index contributed by atoms with van der Waals surface area (Å²) in [6.45, 7) is 6.22. The lowest BCUT2D eigenvalue weighted by molar-refractivity contribution is -0.139. The van der Waals surface area contributed by atoms with Gasteiger partial charge in [0.1, 0.15) is 11.5 Å². The first-order valence-corrected chi connectivity index (χ1v) is 11.8. The minimum absolute atomic E-state index is 0.222. The quantitative estimate of drug-likeness (QED) is 0.488. The van der Waals surface area contributed by atoms with Gasteiger partial charge in [-0.1, -0.05) is 35.6 Å². The van der Waals surface area contributed by atoms with E-state index in [1.54, 1.807) is 25.5 Å². The molecule has 1 aliphatic rings. The number of fused-ring (bicyclic) bond motifs is 1. The largest absolute Gasteiger partial charge is 0.497 e. The zero-order valence-corrected chi connectivity index (χ0v) is 20.3. The van der Waals surface area contributed by atoms with Gasteiger partial charge < -0.3 is 14.2 Å². The second kappa shape index (κ2) is 10.1. The van der Waals surface area contributed by atoms with E-state index in [4.69, 9.17) is 14.2 Å². The monoisotopic (exact) mass is 478 g/mol. The maximum absolute atomic E-state index is 13.6. The van der Waals surface area contributed by atoms with Crippen molar-refractivity contribution in [3.05, 3.63) is 90.6 Å². The summed E-state index contributed by atoms with van der Waals surface area (Å²) in [6.07, 6.45) is 1.81. The maximum Gasteiger partial charge on any atom is 0.338 e. The molecule has 1 atom stereocenters. The number of esters is 1. The van der Waals surface area contributed by atoms with Gasteiger partial charge >= 0.3 is 5.97 Å². The molecule has 8 heteroatoms. The third kappa shape index (κ3) is 4.54. The van der Waals surface area contributed by atoms with Gasteiger partial charge in [-0.05, 0) is 62.2 Å². The molecule has 1 aromatic heterocycles. The van der Waals surface area contributed by atoms with Crippen LogP contribution in [-0.4, -0.2) is 30.9 Å². The molecule has 0 aliphatic carbocycles. The predicted molar refractivity (Wildman–Crippen MR) is 131 cm³/mol. The summed E-state index contributed by atoms with van der Waals surface area (Å²) in [5.74, 6) is 0.939. The zero-order valence-electron chi connectivity index (χ0n) is 19.5. The van der Waals surface area contributed by atoms with Crippen LogP contribution in [0.5, 0.6) is 11.5 Å². The van der Waals surface area contributed by atoms with Crippen LogP contribution in [0.4, 0.5) is 0 Å². The van der Waals surface area contributed by atoms with Crippen molar-refractivity contribution in [2.45, 2.75) is 26.8 Å². The minimum atomic E-state index is -0.654. The van der Waals surface area contributed by atoms with Crippen molar-refractivity contribution in [1.29, 1.82) is 0 Å². The lowest BCUT2D eigenvalue weighted by Gasteiger charge is -2.24. The summed E-state index contributed by atoms with van der Waals surface area (Å²) in [6, 6.07) is 14.2. The van der Waals surface area contributed by atoms with Crippen molar-refractivity contribution in [3.63, 3.8) is 0 Å². The number of rotatable bonds is 7. The Balaban J connectivity index is 1.90. The highest BCUT2D eigenvalue weighted by Gasteiger charge is 2.33. The van der Waals surface area contributed by atoms with Gasteiger partial charge in [0.05, 0.1) is 42.2 Å². The van der Waals surface area contributed by atoms with Crippen LogP contribution in [-0.2, 0) is 9.53 Å². The van der Waals surface area contributed by atoms with Crippen molar-refractivity contribution in [3.8, 4) is 11.5 Å². The van der Waals surface area contributed by atoms with Gasteiger partial charge in [0, 0.05) is 0 Å². The Kier molecular flexibility index (Phi) is 6.98. The molecule has 4 rings (SSSR count). The predicted octanol–water partition coefficient (Wildman–Crippen LogP) is 3.21. The Labute approximate surface area is 201 Å². The number of hydrogen-bond acceptors (Lipinski definition) is 7. The fourth-order valence-corrected chi connectivity index (χ4v) is 4.95. The van der Waals surface area contributed by atoms with E-state index < -0.39 is 12.0 Å². The number of benzene rings is 2. The van der Waals surface area contributed by atoms with Gasteiger partial charge in [0.25, 0.3) is 5.56 Å². The summed E-state index contributed by atoms with van der Waals surface area (Å²) in [4.78, 5) is 31.7. The molecular weight excluding hydrogens is 452 g/mol. The molecule has 0 saturated carbocycles. The van der Waals surface area contributed by atoms with Crippen LogP contribution in [0.2, 0.25) is 0 Å². The molecule has 3 aromatic rings. The molecule has 0 bridgehead atoms. The zero-order chi connectivity index (χ0) is 24.2. The Bertz CT molecular complexity index is 1420. The summed E-state index contributed by atoms with van der Waals surface area (Å²) in [5.41, 5.74) is 2.27. The third-order valence-electron chi connectivity index (χ3n) is 5.42. The van der Waals surface area contributed by atoms with E-state index in [0.29, 0.717) is 33.0 Å². The second-order valence-electron chi connectivity index (χ2n) is 7.58. The topological polar surface area (TPSA) is 79.1 Å². The van der Waals surface area contributed by atoms with Crippen LogP contribution in [0.15, 0.2) is 69.6 Å². The van der Waals surface area contributed by atoms with Crippen molar-refractivity contribution in [1.82, 2.24) is 4.57 Å². The first-order chi connectivity index (χ1) is 16.5. The van der Waals surface area contributed by atoms with Gasteiger partial charge in [-0.2, -0.15) is 0 Å². The number of nitrogens with zero attached hydrogens (tertiary/aromatic N) is 2. The molecular formula is C26H26N2O5S. The van der Waals surface area contributed by atoms with E-state index in [1.165, 1.54) is 11.3 Å². The number of aromatic nitrogens is 1. The standard InChI is InChI=1S/C26H26N2O5S/c1-5-32-19-12-10-18(11-13-19)23-22(25(30)33-6-2)16(3)27-26-28(23)24(29)21(34-26)15-17-8-7-9-20(14-17)31-4/h7-15,23H,5-6H2,1-4H3/b21-15-. The van der Waals surface area contributed by atoms with Gasteiger partial charge in [0.2, 0.25) is 0 Å². The average Bonchev–Trinajstić information content (AvgIpc) is 3.13. The van der Waals surface area contributed by atoms with Crippen molar-refractivity contribution < 1.29 is 19.0 Å². The minimum Gasteiger partial charge on any atom is -0.497 e. The molecule has 0 spiro atoms. The number of methoxy groups -OCH3 is 1. The lowest BCUT2D eigenvalue weighted by atomic mass is 9.96. The molecule has 1 unspecified atom stereocenters. The maximum atomic E-state index is 13.6. The van der Waals surface area contributed by atoms with Crippen LogP contribution < -0.4 is 24.4 Å². The van der Waals surface area contributed by atoms with Gasteiger partial charge in [0.15, 0.2) is 4.80 Å². The first kappa shape index (κ1) is 23.5. The fourth-order valence-electron chi connectivity index (χ4n) is 3.90. The lowest BCUT2D eigenvalue weighted by Crippen LogP contribution is -2.39. The van der Waals surface area contributed by atoms with Gasteiger partial charge in [-0.3, -0.25) is 9.36 Å². The molecule has 2 heterocycles. The highest BCUT2D eigenvalue weighted by Crippen LogP contribution is 2.31. The van der Waals surface area contributed by atoms with Gasteiger partial charge in [-0.15, -0.1) is 0 Å². The van der Waals surface area contributed by atoms with E-state index in [-0.39, 0.29) is 12.2 Å². The molecule has 2 aromatic carbocycles. The highest BCUT2D eigenvalue weighted by atomic mass is 32.1. The molecule has 0 radical (unpaired) electrons. The third-order valence-corrected chi connectivity index (χ3v) is 6.40. The SMILES string of the molecule is CCOC(=O)C1=C(C)N=c2s/c(=C\c3cccc(OC)c3)c(=O)n2C1c1ccc(OCC)cc1. The summed E-state index contributed by atoms with van der Waals surface area (Å²) in [7, 11) is 1.60. The van der Waals surface area contributed by atoms with E-state index >= 15 is 0 Å². The van der Waals surface area contributed by atoms with E-state index in [2.05, 4.69) is 4.99 Å². The molecule has 0 fully saturated rings. The molecule has 1 aliphatic heterocycles. The van der Waals surface area contributed by atoms with Crippen LogP contribution in [0.1, 0.15) is 37.9 Å². The number of carbonyl (C=O) groups excluding carboxylic acids is 1. The number of hydrogen-bond donors (Lipinski definition) is 0. The molecule has 0 N–H and O–H groups in total. The molecule has 34 heavy (non-hydrogen) atoms. The van der Waals surface area contributed by atoms with Crippen molar-refractivity contribution >= 4 is 23.4 Å². The Morgan fingerprint density at radius 1 is 1.12 bits per heavy atom. The second-order valence-corrected chi connectivity index (χ2v) is 8.59. The van der Waals surface area contributed by atoms with Crippen LogP contribution in [0.25, 0.3) is 6.08 Å². The number of ether oxygens (including phenoxy) is 3. The fraction of sp³-hybridized carbons (Fsp3) is 0.269. The average molecular weight is 479 g/mol. The molecule has 176 valence electrons.